The molecule has 0 aliphatic carbocycles. The van der Waals surface area contributed by atoms with Crippen molar-refractivity contribution in [3.8, 4) is 17.1 Å². The summed E-state index contributed by atoms with van der Waals surface area (Å²) in [4.78, 5) is 28.8. The van der Waals surface area contributed by atoms with Gasteiger partial charge in [-0.25, -0.2) is 9.78 Å². The van der Waals surface area contributed by atoms with Crippen molar-refractivity contribution in [2.45, 2.75) is 12.8 Å². The molecule has 0 aliphatic heterocycles. The van der Waals surface area contributed by atoms with Gasteiger partial charge in [0.05, 0.1) is 28.2 Å². The van der Waals surface area contributed by atoms with E-state index < -0.39 is 23.3 Å². The maximum Gasteiger partial charge on any atom is 0.416 e. The first-order valence-electron chi connectivity index (χ1n) is 12.0. The van der Waals surface area contributed by atoms with Crippen LogP contribution in [-0.2, 0) is 12.8 Å². The third kappa shape index (κ3) is 5.75. The van der Waals surface area contributed by atoms with Crippen molar-refractivity contribution in [3.63, 3.8) is 0 Å². The highest BCUT2D eigenvalue weighted by Crippen LogP contribution is 2.32. The van der Waals surface area contributed by atoms with Gasteiger partial charge in [0.15, 0.2) is 5.82 Å². The van der Waals surface area contributed by atoms with E-state index in [0.29, 0.717) is 16.8 Å². The lowest BCUT2D eigenvalue weighted by Gasteiger charge is -2.12. The van der Waals surface area contributed by atoms with Gasteiger partial charge in [0.25, 0.3) is 5.56 Å². The molecule has 0 spiro atoms. The monoisotopic (exact) mass is 543 g/mol. The summed E-state index contributed by atoms with van der Waals surface area (Å²) >= 11 is 0. The van der Waals surface area contributed by atoms with E-state index in [1.54, 1.807) is 60.7 Å². The number of hydrogen-bond donors (Lipinski definition) is 1. The second-order valence-corrected chi connectivity index (χ2v) is 8.76. The minimum Gasteiger partial charge on any atom is -0.489 e. The first-order chi connectivity index (χ1) is 19.2. The molecule has 4 aromatic carbocycles. The largest absolute Gasteiger partial charge is 0.489 e. The van der Waals surface area contributed by atoms with Crippen molar-refractivity contribution >= 4 is 23.1 Å². The summed E-state index contributed by atoms with van der Waals surface area (Å²) in [5.74, 6) is -0.562. The molecule has 0 saturated heterocycles. The van der Waals surface area contributed by atoms with Gasteiger partial charge in [-0.2, -0.15) is 22.9 Å². The zero-order chi connectivity index (χ0) is 28.3. The number of alkyl halides is 3. The van der Waals surface area contributed by atoms with Crippen LogP contribution >= 0.6 is 0 Å². The number of carbonyl (C=O) groups is 1. The van der Waals surface area contributed by atoms with E-state index in [-0.39, 0.29) is 28.9 Å². The number of halogens is 3. The normalized spacial score (nSPS) is 11.7. The summed E-state index contributed by atoms with van der Waals surface area (Å²) in [5.41, 5.74) is 0.512. The fourth-order valence-electron chi connectivity index (χ4n) is 3.97. The fourth-order valence-corrected chi connectivity index (χ4v) is 3.97. The number of aromatic nitrogens is 2. The lowest BCUT2D eigenvalue weighted by molar-refractivity contribution is -0.137. The second-order valence-electron chi connectivity index (χ2n) is 8.76. The van der Waals surface area contributed by atoms with Crippen LogP contribution in [0.3, 0.4) is 0 Å². The van der Waals surface area contributed by atoms with E-state index in [1.165, 1.54) is 30.5 Å². The second kappa shape index (κ2) is 10.9. The molecule has 0 unspecified atom stereocenters. The molecule has 0 amide bonds. The average molecular weight is 544 g/mol. The number of hydrogen-bond acceptors (Lipinski definition) is 5. The van der Waals surface area contributed by atoms with Crippen LogP contribution in [0.2, 0.25) is 0 Å². The Hall–Kier alpha value is -5.25. The van der Waals surface area contributed by atoms with Gasteiger partial charge >= 0.3 is 12.1 Å². The molecule has 0 saturated carbocycles. The van der Waals surface area contributed by atoms with Crippen molar-refractivity contribution in [1.29, 1.82) is 0 Å². The Balaban J connectivity index is 1.47. The Bertz CT molecular complexity index is 1800. The minimum absolute atomic E-state index is 0.0386. The molecule has 0 fully saturated rings. The van der Waals surface area contributed by atoms with Crippen LogP contribution in [0.5, 0.6) is 5.75 Å². The quantitative estimate of drug-likeness (QED) is 0.245. The standard InChI is InChI=1S/C30H20F3N3O4/c31-30(32,33)23-7-4-6-22(16-23)27-35-26-10-2-1-9-25(26)28(37)36(27)34-17-20-5-3-8-24(15-20)40-18-19-11-13-21(14-12-19)29(38)39/h1-17H,18H2,(H,38,39). The summed E-state index contributed by atoms with van der Waals surface area (Å²) in [7, 11) is 0. The molecule has 40 heavy (non-hydrogen) atoms. The molecule has 0 radical (unpaired) electrons. The highest BCUT2D eigenvalue weighted by molar-refractivity contribution is 5.87. The first kappa shape index (κ1) is 26.4. The Morgan fingerprint density at radius 2 is 1.70 bits per heavy atom. The van der Waals surface area contributed by atoms with E-state index in [9.17, 15) is 22.8 Å². The number of para-hydroxylation sites is 1. The number of rotatable bonds is 7. The topological polar surface area (TPSA) is 93.8 Å². The number of ether oxygens (including phenoxy) is 1. The van der Waals surface area contributed by atoms with Crippen LogP contribution < -0.4 is 10.3 Å². The van der Waals surface area contributed by atoms with E-state index in [2.05, 4.69) is 10.1 Å². The van der Waals surface area contributed by atoms with Crippen LogP contribution in [-0.4, -0.2) is 27.0 Å². The van der Waals surface area contributed by atoms with Gasteiger partial charge < -0.3 is 9.84 Å². The molecular weight excluding hydrogens is 523 g/mol. The van der Waals surface area contributed by atoms with Crippen molar-refractivity contribution in [3.05, 3.63) is 130 Å². The SMILES string of the molecule is O=C(O)c1ccc(COc2cccc(C=Nn3c(-c4cccc(C(F)(F)F)c4)nc4ccccc4c3=O)c2)cc1. The van der Waals surface area contributed by atoms with E-state index in [0.717, 1.165) is 22.4 Å². The van der Waals surface area contributed by atoms with Gasteiger partial charge in [-0.05, 0) is 59.7 Å². The van der Waals surface area contributed by atoms with Crippen molar-refractivity contribution in [2.24, 2.45) is 5.10 Å². The van der Waals surface area contributed by atoms with Crippen molar-refractivity contribution in [2.75, 3.05) is 0 Å². The maximum absolute atomic E-state index is 13.4. The summed E-state index contributed by atoms with van der Waals surface area (Å²) in [6.07, 6.45) is -3.18. The molecule has 5 rings (SSSR count). The lowest BCUT2D eigenvalue weighted by Crippen LogP contribution is -2.20. The van der Waals surface area contributed by atoms with Gasteiger partial charge in [0, 0.05) is 5.56 Å². The zero-order valence-electron chi connectivity index (χ0n) is 20.7. The molecule has 0 bridgehead atoms. The van der Waals surface area contributed by atoms with E-state index in [4.69, 9.17) is 9.84 Å². The molecule has 200 valence electrons. The van der Waals surface area contributed by atoms with Gasteiger partial charge in [-0.3, -0.25) is 4.79 Å². The van der Waals surface area contributed by atoms with Gasteiger partial charge in [0.1, 0.15) is 12.4 Å². The summed E-state index contributed by atoms with van der Waals surface area (Å²) in [6.45, 7) is 0.189. The minimum atomic E-state index is -4.57. The van der Waals surface area contributed by atoms with Crippen molar-refractivity contribution in [1.82, 2.24) is 9.66 Å². The number of carboxylic acids is 1. The highest BCUT2D eigenvalue weighted by Gasteiger charge is 2.31. The van der Waals surface area contributed by atoms with Crippen LogP contribution in [0.15, 0.2) is 107 Å². The zero-order valence-corrected chi connectivity index (χ0v) is 20.7. The van der Waals surface area contributed by atoms with E-state index in [1.807, 2.05) is 0 Å². The number of carboxylic acid groups (broad SMARTS) is 1. The predicted molar refractivity (Wildman–Crippen MR) is 144 cm³/mol. The molecule has 1 heterocycles. The smallest absolute Gasteiger partial charge is 0.416 e. The molecule has 10 heteroatoms. The van der Waals surface area contributed by atoms with E-state index >= 15 is 0 Å². The van der Waals surface area contributed by atoms with Gasteiger partial charge in [-0.1, -0.05) is 48.5 Å². The predicted octanol–water partition coefficient (Wildman–Crippen LogP) is 6.24. The molecule has 1 aromatic heterocycles. The number of nitrogens with zero attached hydrogens (tertiary/aromatic N) is 3. The molecule has 5 aromatic rings. The molecular formula is C30H20F3N3O4. The molecule has 0 atom stereocenters. The first-order valence-corrected chi connectivity index (χ1v) is 12.0. The summed E-state index contributed by atoms with van der Waals surface area (Å²) in [6, 6.07) is 24.2. The number of fused-ring (bicyclic) bond motifs is 1. The van der Waals surface area contributed by atoms with Gasteiger partial charge in [0.2, 0.25) is 0 Å². The van der Waals surface area contributed by atoms with Crippen LogP contribution in [0.4, 0.5) is 13.2 Å². The third-order valence-electron chi connectivity index (χ3n) is 5.99. The summed E-state index contributed by atoms with van der Waals surface area (Å²) < 4.78 is 47.0. The molecule has 0 aliphatic rings. The van der Waals surface area contributed by atoms with Crippen LogP contribution in [0.1, 0.15) is 27.0 Å². The summed E-state index contributed by atoms with van der Waals surface area (Å²) in [5, 5.41) is 13.6. The van der Waals surface area contributed by atoms with Crippen LogP contribution in [0.25, 0.3) is 22.3 Å². The Morgan fingerprint density at radius 3 is 2.45 bits per heavy atom. The fraction of sp³-hybridized carbons (Fsp3) is 0.0667. The van der Waals surface area contributed by atoms with Gasteiger partial charge in [-0.15, -0.1) is 0 Å². The number of aromatic carboxylic acids is 1. The third-order valence-corrected chi connectivity index (χ3v) is 5.99. The van der Waals surface area contributed by atoms with Crippen LogP contribution in [0, 0.1) is 0 Å². The van der Waals surface area contributed by atoms with Crippen molar-refractivity contribution < 1.29 is 27.8 Å². The molecule has 7 nitrogen and oxygen atoms in total. The lowest BCUT2D eigenvalue weighted by atomic mass is 10.1. The Labute approximate surface area is 225 Å². The highest BCUT2D eigenvalue weighted by atomic mass is 19.4. The average Bonchev–Trinajstić information content (AvgIpc) is 2.95. The Kier molecular flexibility index (Phi) is 7.15. The molecule has 1 N–H and O–H groups in total. The Morgan fingerprint density at radius 1 is 0.950 bits per heavy atom. The maximum atomic E-state index is 13.4. The number of benzene rings is 4.